The summed E-state index contributed by atoms with van der Waals surface area (Å²) in [7, 11) is 0. The molecule has 0 heterocycles. The number of benzene rings is 1. The minimum atomic E-state index is -0.366. The summed E-state index contributed by atoms with van der Waals surface area (Å²) in [6.45, 7) is 3.13. The molecule has 0 fully saturated rings. The number of nitrogens with one attached hydrogen (secondary N) is 1. The predicted molar refractivity (Wildman–Crippen MR) is 68.7 cm³/mol. The average Bonchev–Trinajstić information content (AvgIpc) is 2.28. The molecule has 1 aromatic carbocycles. The lowest BCUT2D eigenvalue weighted by atomic mass is 10.1. The molecule has 16 heavy (non-hydrogen) atoms. The molecule has 1 nitrogen and oxygen atoms in total. The SMILES string of the molecule is CCCCCCCNc1ccc(F)c(Cl)c1. The monoisotopic (exact) mass is 243 g/mol. The van der Waals surface area contributed by atoms with E-state index in [4.69, 9.17) is 11.6 Å². The van der Waals surface area contributed by atoms with Crippen LogP contribution in [0.3, 0.4) is 0 Å². The van der Waals surface area contributed by atoms with E-state index in [0.717, 1.165) is 18.7 Å². The lowest BCUT2D eigenvalue weighted by molar-refractivity contribution is 0.628. The number of anilines is 1. The molecule has 90 valence electrons. The fourth-order valence-corrected chi connectivity index (χ4v) is 1.75. The van der Waals surface area contributed by atoms with Crippen LogP contribution in [0, 0.1) is 5.82 Å². The van der Waals surface area contributed by atoms with Crippen molar-refractivity contribution < 1.29 is 4.39 Å². The summed E-state index contributed by atoms with van der Waals surface area (Å²) in [5.74, 6) is -0.366. The van der Waals surface area contributed by atoms with E-state index in [1.54, 1.807) is 12.1 Å². The molecular formula is C13H19ClFN. The van der Waals surface area contributed by atoms with Crippen LogP contribution in [0.15, 0.2) is 18.2 Å². The Labute approximate surface area is 102 Å². The highest BCUT2D eigenvalue weighted by atomic mass is 35.5. The van der Waals surface area contributed by atoms with E-state index in [0.29, 0.717) is 0 Å². The van der Waals surface area contributed by atoms with Crippen LogP contribution in [0.4, 0.5) is 10.1 Å². The van der Waals surface area contributed by atoms with Crippen molar-refractivity contribution in [3.05, 3.63) is 29.0 Å². The van der Waals surface area contributed by atoms with E-state index in [9.17, 15) is 4.39 Å². The summed E-state index contributed by atoms with van der Waals surface area (Å²) in [5, 5.41) is 3.42. The zero-order chi connectivity index (χ0) is 11.8. The molecule has 1 rings (SSSR count). The molecule has 0 atom stereocenters. The first kappa shape index (κ1) is 13.3. The van der Waals surface area contributed by atoms with Gasteiger partial charge in [-0.25, -0.2) is 4.39 Å². The molecule has 3 heteroatoms. The summed E-state index contributed by atoms with van der Waals surface area (Å²) in [5.41, 5.74) is 0.891. The smallest absolute Gasteiger partial charge is 0.141 e. The van der Waals surface area contributed by atoms with Gasteiger partial charge in [-0.15, -0.1) is 0 Å². The summed E-state index contributed by atoms with van der Waals surface area (Å²) in [4.78, 5) is 0. The number of unbranched alkanes of at least 4 members (excludes halogenated alkanes) is 4. The molecule has 0 aliphatic heterocycles. The van der Waals surface area contributed by atoms with Crippen molar-refractivity contribution in [2.45, 2.75) is 39.0 Å². The van der Waals surface area contributed by atoms with Gasteiger partial charge in [0, 0.05) is 12.2 Å². The molecule has 0 radical (unpaired) electrons. The van der Waals surface area contributed by atoms with E-state index in [-0.39, 0.29) is 10.8 Å². The lowest BCUT2D eigenvalue weighted by Crippen LogP contribution is -2.01. The second kappa shape index (κ2) is 7.50. The maximum absolute atomic E-state index is 12.9. The van der Waals surface area contributed by atoms with Gasteiger partial charge in [-0.1, -0.05) is 44.2 Å². The van der Waals surface area contributed by atoms with Crippen LogP contribution >= 0.6 is 11.6 Å². The quantitative estimate of drug-likeness (QED) is 0.675. The van der Waals surface area contributed by atoms with Crippen molar-refractivity contribution in [1.29, 1.82) is 0 Å². The normalized spacial score (nSPS) is 10.4. The van der Waals surface area contributed by atoms with Crippen LogP contribution < -0.4 is 5.32 Å². The zero-order valence-corrected chi connectivity index (χ0v) is 10.5. The molecule has 0 aliphatic rings. The summed E-state index contributed by atoms with van der Waals surface area (Å²) < 4.78 is 12.9. The predicted octanol–water partition coefficient (Wildman–Crippen LogP) is 4.86. The van der Waals surface area contributed by atoms with Gasteiger partial charge in [-0.05, 0) is 24.6 Å². The maximum atomic E-state index is 12.9. The summed E-state index contributed by atoms with van der Waals surface area (Å²) in [6.07, 6.45) is 6.26. The number of hydrogen-bond donors (Lipinski definition) is 1. The van der Waals surface area contributed by atoms with Crippen molar-refractivity contribution in [3.8, 4) is 0 Å². The van der Waals surface area contributed by atoms with Crippen LogP contribution in [0.2, 0.25) is 5.02 Å². The number of rotatable bonds is 7. The molecule has 1 N–H and O–H groups in total. The Hall–Kier alpha value is -0.760. The number of hydrogen-bond acceptors (Lipinski definition) is 1. The average molecular weight is 244 g/mol. The molecule has 0 aromatic heterocycles. The minimum absolute atomic E-state index is 0.177. The van der Waals surface area contributed by atoms with Crippen molar-refractivity contribution in [3.63, 3.8) is 0 Å². The van der Waals surface area contributed by atoms with Crippen molar-refractivity contribution >= 4 is 17.3 Å². The van der Waals surface area contributed by atoms with E-state index in [1.165, 1.54) is 31.7 Å². The third-order valence-electron chi connectivity index (χ3n) is 2.53. The van der Waals surface area contributed by atoms with Gasteiger partial charge in [0.25, 0.3) is 0 Å². The van der Waals surface area contributed by atoms with Gasteiger partial charge < -0.3 is 5.32 Å². The minimum Gasteiger partial charge on any atom is -0.385 e. The van der Waals surface area contributed by atoms with E-state index >= 15 is 0 Å². The second-order valence-electron chi connectivity index (χ2n) is 3.97. The van der Waals surface area contributed by atoms with E-state index < -0.39 is 0 Å². The fraction of sp³-hybridized carbons (Fsp3) is 0.538. The van der Waals surface area contributed by atoms with Gasteiger partial charge in [0.15, 0.2) is 0 Å². The summed E-state index contributed by atoms with van der Waals surface area (Å²) >= 11 is 5.68. The van der Waals surface area contributed by atoms with Gasteiger partial charge in [0.1, 0.15) is 5.82 Å². The van der Waals surface area contributed by atoms with Crippen LogP contribution in [-0.2, 0) is 0 Å². The Balaban J connectivity index is 2.19. The van der Waals surface area contributed by atoms with Crippen LogP contribution in [0.25, 0.3) is 0 Å². The maximum Gasteiger partial charge on any atom is 0.141 e. The highest BCUT2D eigenvalue weighted by Crippen LogP contribution is 2.19. The lowest BCUT2D eigenvalue weighted by Gasteiger charge is -2.06. The highest BCUT2D eigenvalue weighted by molar-refractivity contribution is 6.31. The third kappa shape index (κ3) is 4.84. The number of halogens is 2. The molecule has 0 aliphatic carbocycles. The Morgan fingerprint density at radius 3 is 2.62 bits per heavy atom. The Kier molecular flexibility index (Phi) is 6.24. The largest absolute Gasteiger partial charge is 0.385 e. The first-order valence-electron chi connectivity index (χ1n) is 5.93. The van der Waals surface area contributed by atoms with Crippen molar-refractivity contribution in [1.82, 2.24) is 0 Å². The van der Waals surface area contributed by atoms with E-state index in [2.05, 4.69) is 12.2 Å². The van der Waals surface area contributed by atoms with Gasteiger partial charge in [-0.2, -0.15) is 0 Å². The van der Waals surface area contributed by atoms with Crippen LogP contribution in [-0.4, -0.2) is 6.54 Å². The first-order valence-corrected chi connectivity index (χ1v) is 6.30. The van der Waals surface area contributed by atoms with Gasteiger partial charge in [-0.3, -0.25) is 0 Å². The third-order valence-corrected chi connectivity index (χ3v) is 2.82. The Bertz CT molecular complexity index is 315. The standard InChI is InChI=1S/C13H19ClFN/c1-2-3-4-5-6-9-16-11-7-8-13(15)12(14)10-11/h7-8,10,16H,2-6,9H2,1H3. The fourth-order valence-electron chi connectivity index (χ4n) is 1.57. The van der Waals surface area contributed by atoms with Gasteiger partial charge in [0.2, 0.25) is 0 Å². The first-order chi connectivity index (χ1) is 7.74. The van der Waals surface area contributed by atoms with Gasteiger partial charge >= 0.3 is 0 Å². The van der Waals surface area contributed by atoms with E-state index in [1.807, 2.05) is 0 Å². The molecule has 0 bridgehead atoms. The Morgan fingerprint density at radius 1 is 1.19 bits per heavy atom. The van der Waals surface area contributed by atoms with Gasteiger partial charge in [0.05, 0.1) is 5.02 Å². The summed E-state index contributed by atoms with van der Waals surface area (Å²) in [6, 6.07) is 4.73. The molecule has 1 aromatic rings. The van der Waals surface area contributed by atoms with Crippen molar-refractivity contribution in [2.24, 2.45) is 0 Å². The van der Waals surface area contributed by atoms with Crippen LogP contribution in [0.5, 0.6) is 0 Å². The topological polar surface area (TPSA) is 12.0 Å². The molecule has 0 saturated carbocycles. The van der Waals surface area contributed by atoms with Crippen molar-refractivity contribution in [2.75, 3.05) is 11.9 Å². The molecule has 0 saturated heterocycles. The Morgan fingerprint density at radius 2 is 1.94 bits per heavy atom. The van der Waals surface area contributed by atoms with Crippen LogP contribution in [0.1, 0.15) is 39.0 Å². The molecular weight excluding hydrogens is 225 g/mol. The zero-order valence-electron chi connectivity index (χ0n) is 9.73. The molecule has 0 unspecified atom stereocenters. The highest BCUT2D eigenvalue weighted by Gasteiger charge is 1.99. The molecule has 0 amide bonds. The second-order valence-corrected chi connectivity index (χ2v) is 4.38. The molecule has 0 spiro atoms.